The van der Waals surface area contributed by atoms with Crippen molar-refractivity contribution >= 4 is 11.9 Å². The lowest BCUT2D eigenvalue weighted by Gasteiger charge is -2.69. The third kappa shape index (κ3) is 7.33. The van der Waals surface area contributed by atoms with Crippen molar-refractivity contribution in [3.63, 3.8) is 0 Å². The molecule has 11 nitrogen and oxygen atoms in total. The van der Waals surface area contributed by atoms with Gasteiger partial charge in [0, 0.05) is 76.0 Å². The van der Waals surface area contributed by atoms with E-state index in [0.29, 0.717) is 18.6 Å². The summed E-state index contributed by atoms with van der Waals surface area (Å²) in [7, 11) is 8.79. The summed E-state index contributed by atoms with van der Waals surface area (Å²) >= 11 is 0. The van der Waals surface area contributed by atoms with E-state index in [1.807, 2.05) is 6.07 Å². The highest BCUT2D eigenvalue weighted by Crippen LogP contribution is 2.80. The number of rotatable bonds is 22. The molecule has 1 aromatic rings. The van der Waals surface area contributed by atoms with Gasteiger partial charge < -0.3 is 43.5 Å². The van der Waals surface area contributed by atoms with E-state index in [1.54, 1.807) is 45.6 Å². The van der Waals surface area contributed by atoms with Gasteiger partial charge in [-0.2, -0.15) is 0 Å². The van der Waals surface area contributed by atoms with E-state index in [1.165, 1.54) is 26.4 Å². The third-order valence-electron chi connectivity index (χ3n) is 16.1. The quantitative estimate of drug-likeness (QED) is 0.0706. The fourth-order valence-electron chi connectivity index (χ4n) is 14.3. The molecule has 14 atom stereocenters. The molecule has 6 fully saturated rings. The summed E-state index contributed by atoms with van der Waals surface area (Å²) in [6, 6.07) is 8.50. The maximum absolute atomic E-state index is 14.5. The summed E-state index contributed by atoms with van der Waals surface area (Å²) in [5, 5.41) is 26.0. The van der Waals surface area contributed by atoms with Gasteiger partial charge in [0.1, 0.15) is 23.9 Å². The van der Waals surface area contributed by atoms with Gasteiger partial charge in [0.25, 0.3) is 0 Å². The number of esters is 2. The Hall–Kier alpha value is -2.64. The van der Waals surface area contributed by atoms with Gasteiger partial charge in [0.05, 0.1) is 24.4 Å². The Balaban J connectivity index is 1.17. The van der Waals surface area contributed by atoms with Crippen LogP contribution in [0.15, 0.2) is 54.6 Å². The van der Waals surface area contributed by atoms with Crippen LogP contribution >= 0.6 is 0 Å². The Bertz CT molecular complexity index is 1670. The van der Waals surface area contributed by atoms with Crippen molar-refractivity contribution in [3.8, 4) is 0 Å². The Labute approximate surface area is 358 Å². The molecule has 1 aromatic carbocycles. The van der Waals surface area contributed by atoms with Crippen LogP contribution in [0.1, 0.15) is 114 Å². The van der Waals surface area contributed by atoms with Gasteiger partial charge in [0.15, 0.2) is 5.60 Å². The number of hydrogen-bond donors (Lipinski definition) is 2. The number of carbonyl (C=O) groups excluding carboxylic acids is 2. The van der Waals surface area contributed by atoms with Gasteiger partial charge in [0.2, 0.25) is 0 Å². The van der Waals surface area contributed by atoms with Crippen LogP contribution in [0.5, 0.6) is 0 Å². The average Bonchev–Trinajstić information content (AvgIpc) is 3.64. The smallest absolute Gasteiger partial charge is 0.338 e. The molecule has 334 valence electrons. The summed E-state index contributed by atoms with van der Waals surface area (Å²) in [4.78, 5) is 30.9. The molecule has 1 unspecified atom stereocenters. The molecule has 1 spiro atoms. The van der Waals surface area contributed by atoms with E-state index in [0.717, 1.165) is 64.3 Å². The summed E-state index contributed by atoms with van der Waals surface area (Å²) in [5.74, 6) is -2.84. The van der Waals surface area contributed by atoms with Crippen LogP contribution in [0.3, 0.4) is 0 Å². The van der Waals surface area contributed by atoms with Gasteiger partial charge >= 0.3 is 11.9 Å². The third-order valence-corrected chi connectivity index (χ3v) is 16.1. The number of carbonyl (C=O) groups is 2. The van der Waals surface area contributed by atoms with Crippen molar-refractivity contribution < 1.29 is 48.2 Å². The van der Waals surface area contributed by atoms with Gasteiger partial charge in [-0.05, 0) is 82.9 Å². The molecule has 1 aliphatic heterocycles. The highest BCUT2D eigenvalue weighted by atomic mass is 16.6. The molecule has 0 radical (unpaired) electrons. The van der Waals surface area contributed by atoms with Crippen LogP contribution in [0.4, 0.5) is 0 Å². The zero-order chi connectivity index (χ0) is 42.7. The lowest BCUT2D eigenvalue weighted by molar-refractivity contribution is -0.317. The molecule has 1 heterocycles. The van der Waals surface area contributed by atoms with Crippen molar-refractivity contribution in [2.75, 3.05) is 48.6 Å². The van der Waals surface area contributed by atoms with Crippen LogP contribution in [-0.4, -0.2) is 123 Å². The zero-order valence-electron chi connectivity index (χ0n) is 37.1. The Morgan fingerprint density at radius 1 is 0.867 bits per heavy atom. The van der Waals surface area contributed by atoms with Crippen LogP contribution in [0.25, 0.3) is 0 Å². The number of methoxy groups -OCH3 is 4. The average molecular weight is 836 g/mol. The maximum atomic E-state index is 14.5. The number of likely N-dealkylation sites (tertiary alicyclic amines) is 1. The van der Waals surface area contributed by atoms with Crippen molar-refractivity contribution in [1.29, 1.82) is 0 Å². The monoisotopic (exact) mass is 836 g/mol. The Kier molecular flexibility index (Phi) is 14.4. The molecular formula is C49H73NO10. The number of hydrogen-bond acceptors (Lipinski definition) is 11. The number of aliphatic hydroxyl groups excluding tert-OH is 1. The first kappa shape index (κ1) is 45.4. The minimum atomic E-state index is -1.78. The molecule has 7 rings (SSSR count). The SMILES string of the molecule is CCCCC/C=C\C/C=C\CCCCCCCC(=O)O[C@]12[C@H]3[C@@H](OC(=O)c4ccccc4)[C@](O)(C[C@H]3[C@@]34C5[C@@H]1[C@H](OC)[C@@H]3[C@@](COC)(CC[C@@H]4OC)CN5C)[C@@H](OC)[C@@H]2O. The number of benzene rings is 1. The van der Waals surface area contributed by atoms with Crippen molar-refractivity contribution in [1.82, 2.24) is 4.90 Å². The lowest BCUT2D eigenvalue weighted by atomic mass is 9.43. The number of unbranched alkanes of at least 4 members (excludes halogenated alkanes) is 8. The summed E-state index contributed by atoms with van der Waals surface area (Å²) in [5.41, 5.74) is -4.00. The van der Waals surface area contributed by atoms with Gasteiger partial charge in [-0.3, -0.25) is 4.79 Å². The summed E-state index contributed by atoms with van der Waals surface area (Å²) in [6.07, 6.45) is 18.3. The van der Waals surface area contributed by atoms with Crippen LogP contribution < -0.4 is 0 Å². The standard InChI is InChI=1S/C49H73NO10/c1-7-8-9-10-11-12-13-14-15-16-17-18-19-20-24-27-36(51)60-49-37-34(30-47(54,44(58-6)42(49)52)43(37)59-45(53)33-25-22-21-23-26-33)48-35(56-4)28-29-46(32-55-3)31-50(2)41(48)38(49)39(57-5)40(46)48/h11-12,14-15,21-23,25-26,34-35,37-44,52,54H,7-10,13,16-20,24,27-32H2,1-6H3/b12-11-,15-14-/t34-,35+,37-,38+,39+,40-,41?,42+,43-,44+,46+,47-,48+,49-/m1/s1. The number of aliphatic hydroxyl groups is 2. The van der Waals surface area contributed by atoms with Crippen LogP contribution in [-0.2, 0) is 33.2 Å². The van der Waals surface area contributed by atoms with E-state index in [2.05, 4.69) is 43.2 Å². The molecule has 60 heavy (non-hydrogen) atoms. The van der Waals surface area contributed by atoms with Crippen molar-refractivity contribution in [3.05, 3.63) is 60.2 Å². The molecule has 0 aromatic heterocycles. The predicted molar refractivity (Wildman–Crippen MR) is 228 cm³/mol. The molecule has 7 bridgehead atoms. The Morgan fingerprint density at radius 3 is 2.23 bits per heavy atom. The first-order chi connectivity index (χ1) is 29.1. The minimum Gasteiger partial charge on any atom is -0.455 e. The van der Waals surface area contributed by atoms with Crippen molar-refractivity contribution in [2.24, 2.45) is 34.5 Å². The highest BCUT2D eigenvalue weighted by Gasteiger charge is 2.91. The highest BCUT2D eigenvalue weighted by molar-refractivity contribution is 5.89. The second-order valence-electron chi connectivity index (χ2n) is 19.1. The maximum Gasteiger partial charge on any atom is 0.338 e. The molecule has 5 saturated carbocycles. The van der Waals surface area contributed by atoms with E-state index < -0.39 is 70.7 Å². The first-order valence-electron chi connectivity index (χ1n) is 23.0. The van der Waals surface area contributed by atoms with E-state index in [4.69, 9.17) is 28.4 Å². The van der Waals surface area contributed by atoms with E-state index in [9.17, 15) is 19.8 Å². The molecule has 6 aliphatic rings. The number of ether oxygens (including phenoxy) is 6. The van der Waals surface area contributed by atoms with Crippen molar-refractivity contribution in [2.45, 2.75) is 151 Å². The second-order valence-corrected chi connectivity index (χ2v) is 19.1. The molecule has 11 heteroatoms. The topological polar surface area (TPSA) is 133 Å². The van der Waals surface area contributed by atoms with E-state index in [-0.39, 0.29) is 36.3 Å². The predicted octanol–water partition coefficient (Wildman–Crippen LogP) is 7.08. The molecular weight excluding hydrogens is 763 g/mol. The fourth-order valence-corrected chi connectivity index (χ4v) is 14.3. The Morgan fingerprint density at radius 2 is 1.57 bits per heavy atom. The molecule has 2 N–H and O–H groups in total. The van der Waals surface area contributed by atoms with E-state index >= 15 is 0 Å². The number of piperidine rings is 1. The number of nitrogens with zero attached hydrogens (tertiary/aromatic N) is 1. The second kappa shape index (κ2) is 19.0. The molecule has 1 saturated heterocycles. The van der Waals surface area contributed by atoms with Gasteiger partial charge in [-0.25, -0.2) is 4.79 Å². The first-order valence-corrected chi connectivity index (χ1v) is 23.0. The largest absolute Gasteiger partial charge is 0.455 e. The lowest BCUT2D eigenvalue weighted by Crippen LogP contribution is -2.80. The normalized spacial score (nSPS) is 40.1. The van der Waals surface area contributed by atoms with Crippen LogP contribution in [0.2, 0.25) is 0 Å². The fraction of sp³-hybridized carbons (Fsp3) is 0.755. The zero-order valence-corrected chi connectivity index (χ0v) is 37.1. The summed E-state index contributed by atoms with van der Waals surface area (Å²) in [6.45, 7) is 3.46. The molecule has 5 aliphatic carbocycles. The minimum absolute atomic E-state index is 0.117. The van der Waals surface area contributed by atoms with Gasteiger partial charge in [-0.1, -0.05) is 81.5 Å². The number of fused-ring (bicyclic) bond motifs is 2. The van der Waals surface area contributed by atoms with Crippen LogP contribution in [0, 0.1) is 34.5 Å². The summed E-state index contributed by atoms with van der Waals surface area (Å²) < 4.78 is 38.8. The van der Waals surface area contributed by atoms with Gasteiger partial charge in [-0.15, -0.1) is 0 Å². The number of allylic oxidation sites excluding steroid dienone is 4. The molecule has 0 amide bonds.